The highest BCUT2D eigenvalue weighted by molar-refractivity contribution is 6.05. The molecule has 15 nitrogen and oxygen atoms in total. The molecule has 1 saturated carbocycles. The lowest BCUT2D eigenvalue weighted by Crippen LogP contribution is -2.56. The van der Waals surface area contributed by atoms with E-state index in [1.807, 2.05) is 31.9 Å². The number of carbonyl (C=O) groups is 3. The number of hydrogen-bond acceptors (Lipinski definition) is 11. The van der Waals surface area contributed by atoms with Crippen molar-refractivity contribution in [3.8, 4) is 17.1 Å². The van der Waals surface area contributed by atoms with Crippen LogP contribution in [0.2, 0.25) is 0 Å². The fourth-order valence-corrected chi connectivity index (χ4v) is 11.2. The summed E-state index contributed by atoms with van der Waals surface area (Å²) in [6.45, 7) is 10.4. The van der Waals surface area contributed by atoms with E-state index in [9.17, 15) is 14.4 Å². The van der Waals surface area contributed by atoms with Crippen LogP contribution in [0.25, 0.3) is 22.3 Å². The van der Waals surface area contributed by atoms with Crippen LogP contribution in [0.5, 0.6) is 5.88 Å². The van der Waals surface area contributed by atoms with Crippen LogP contribution in [0.3, 0.4) is 0 Å². The van der Waals surface area contributed by atoms with Crippen LogP contribution in [-0.4, -0.2) is 113 Å². The average Bonchev–Trinajstić information content (AvgIpc) is 3.97. The second-order valence-electron chi connectivity index (χ2n) is 19.1. The molecule has 4 atom stereocenters. The van der Waals surface area contributed by atoms with Crippen LogP contribution in [0.15, 0.2) is 42.5 Å². The van der Waals surface area contributed by atoms with Crippen LogP contribution in [0, 0.1) is 43.2 Å². The van der Waals surface area contributed by atoms with Crippen molar-refractivity contribution in [1.29, 1.82) is 0 Å². The number of benzene rings is 2. The van der Waals surface area contributed by atoms with E-state index < -0.39 is 29.4 Å². The Morgan fingerprint density at radius 3 is 2.41 bits per heavy atom. The Labute approximate surface area is 382 Å². The number of halogens is 2. The summed E-state index contributed by atoms with van der Waals surface area (Å²) >= 11 is 0. The number of methoxy groups -OCH3 is 1. The number of anilines is 3. The van der Waals surface area contributed by atoms with Crippen LogP contribution in [0.1, 0.15) is 78.2 Å². The van der Waals surface area contributed by atoms with E-state index in [1.54, 1.807) is 17.9 Å². The van der Waals surface area contributed by atoms with Crippen molar-refractivity contribution in [3.63, 3.8) is 0 Å². The molecule has 348 valence electrons. The van der Waals surface area contributed by atoms with E-state index in [2.05, 4.69) is 48.3 Å². The largest absolute Gasteiger partial charge is 0.477 e. The molecule has 0 spiro atoms. The number of amides is 3. The van der Waals surface area contributed by atoms with E-state index in [-0.39, 0.29) is 30.4 Å². The predicted octanol–water partition coefficient (Wildman–Crippen LogP) is 6.36. The maximum absolute atomic E-state index is 15.4. The number of ether oxygens (including phenoxy) is 2. The highest BCUT2D eigenvalue weighted by atomic mass is 19.1. The molecule has 0 radical (unpaired) electrons. The molecule has 66 heavy (non-hydrogen) atoms. The van der Waals surface area contributed by atoms with Crippen molar-refractivity contribution in [3.05, 3.63) is 76.6 Å². The van der Waals surface area contributed by atoms with Crippen molar-refractivity contribution in [2.75, 3.05) is 74.7 Å². The molecule has 5 aromatic rings. The highest BCUT2D eigenvalue weighted by Crippen LogP contribution is 2.39. The number of aryl methyl sites for hydroxylation is 3. The highest BCUT2D eigenvalue weighted by Gasteiger charge is 2.35. The number of hydrogen-bond donors (Lipinski definition) is 2. The second-order valence-corrected chi connectivity index (χ2v) is 19.1. The minimum absolute atomic E-state index is 0.0535. The maximum atomic E-state index is 15.4. The average molecular weight is 905 g/mol. The molecular formula is C49H58F2N10O5. The van der Waals surface area contributed by atoms with Crippen molar-refractivity contribution in [2.24, 2.45) is 24.8 Å². The van der Waals surface area contributed by atoms with E-state index in [4.69, 9.17) is 19.4 Å². The first-order valence-electron chi connectivity index (χ1n) is 23.4. The van der Waals surface area contributed by atoms with E-state index in [0.29, 0.717) is 78.5 Å². The van der Waals surface area contributed by atoms with Gasteiger partial charge in [-0.15, -0.1) is 0 Å². The summed E-state index contributed by atoms with van der Waals surface area (Å²) < 4.78 is 47.1. The number of piperazine rings is 1. The van der Waals surface area contributed by atoms with Crippen LogP contribution < -0.4 is 25.2 Å². The number of fused-ring (bicyclic) bond motifs is 9. The van der Waals surface area contributed by atoms with Crippen LogP contribution >= 0.6 is 0 Å². The smallest absolute Gasteiger partial charge is 0.258 e. The molecule has 3 amide bonds. The third kappa shape index (κ3) is 8.62. The van der Waals surface area contributed by atoms with Gasteiger partial charge in [0.05, 0.1) is 53.2 Å². The molecule has 17 heteroatoms. The zero-order valence-corrected chi connectivity index (χ0v) is 38.1. The number of imide groups is 1. The molecule has 0 unspecified atom stereocenters. The zero-order chi connectivity index (χ0) is 45.8. The molecular weight excluding hydrogens is 847 g/mol. The first kappa shape index (κ1) is 43.9. The van der Waals surface area contributed by atoms with E-state index >= 15 is 8.78 Å². The number of nitrogens with zero attached hydrogens (tertiary/aromatic N) is 8. The molecule has 4 fully saturated rings. The van der Waals surface area contributed by atoms with Crippen molar-refractivity contribution in [2.45, 2.75) is 77.3 Å². The van der Waals surface area contributed by atoms with Crippen molar-refractivity contribution >= 4 is 46.1 Å². The summed E-state index contributed by atoms with van der Waals surface area (Å²) in [5, 5.41) is 10.1. The molecule has 1 aliphatic carbocycles. The topological polar surface area (TPSA) is 152 Å². The van der Waals surface area contributed by atoms with Gasteiger partial charge in [-0.05, 0) is 113 Å². The SMILES string of the molecule is COC[C@@H]1CN(c2ccc3nc4n(c3c2)C[C@@H]2CC[C@H](COc3c(c(C)nn3C)-c3cc(cc(C)n3)C(=O)N4)C2)CCN1CC1CCN(c2cc(F)c([C@H]3CCC(=O)NC3=O)c(F)c2)CC1. The Bertz CT molecular complexity index is 2670. The molecule has 4 aliphatic heterocycles. The van der Waals surface area contributed by atoms with Gasteiger partial charge in [0, 0.05) is 94.6 Å². The van der Waals surface area contributed by atoms with Gasteiger partial charge in [-0.1, -0.05) is 0 Å². The Morgan fingerprint density at radius 1 is 0.848 bits per heavy atom. The van der Waals surface area contributed by atoms with E-state index in [1.165, 1.54) is 12.1 Å². The molecule has 4 bridgehead atoms. The Balaban J connectivity index is 0.837. The monoisotopic (exact) mass is 904 g/mol. The number of imidazole rings is 1. The fourth-order valence-electron chi connectivity index (χ4n) is 11.2. The second kappa shape index (κ2) is 18.0. The number of pyridine rings is 1. The van der Waals surface area contributed by atoms with Gasteiger partial charge < -0.3 is 23.8 Å². The molecule has 10 rings (SSSR count). The van der Waals surface area contributed by atoms with Crippen molar-refractivity contribution in [1.82, 2.24) is 34.5 Å². The van der Waals surface area contributed by atoms with Gasteiger partial charge in [0.25, 0.3) is 5.91 Å². The summed E-state index contributed by atoms with van der Waals surface area (Å²) in [7, 11) is 3.63. The van der Waals surface area contributed by atoms with Crippen molar-refractivity contribution < 1.29 is 32.6 Å². The van der Waals surface area contributed by atoms with Gasteiger partial charge in [-0.3, -0.25) is 34.9 Å². The third-order valence-electron chi connectivity index (χ3n) is 14.6. The lowest BCUT2D eigenvalue weighted by molar-refractivity contribution is -0.134. The molecule has 3 saturated heterocycles. The summed E-state index contributed by atoms with van der Waals surface area (Å²) in [4.78, 5) is 54.9. The molecule has 7 heterocycles. The van der Waals surface area contributed by atoms with Crippen LogP contribution in [0.4, 0.5) is 26.1 Å². The van der Waals surface area contributed by atoms with Gasteiger partial charge in [0.1, 0.15) is 11.6 Å². The number of carbonyl (C=O) groups excluding carboxylic acids is 3. The minimum atomic E-state index is -1.02. The molecule has 3 aromatic heterocycles. The summed E-state index contributed by atoms with van der Waals surface area (Å²) in [6, 6.07) is 12.8. The quantitative estimate of drug-likeness (QED) is 0.176. The summed E-state index contributed by atoms with van der Waals surface area (Å²) in [5.41, 5.74) is 6.56. The van der Waals surface area contributed by atoms with Crippen LogP contribution in [-0.2, 0) is 27.9 Å². The molecule has 2 N–H and O–H groups in total. The molecule has 5 aliphatic rings. The van der Waals surface area contributed by atoms with Gasteiger partial charge in [0.2, 0.25) is 23.6 Å². The number of rotatable bonds is 7. The van der Waals surface area contributed by atoms with Gasteiger partial charge in [-0.25, -0.2) is 18.4 Å². The minimum Gasteiger partial charge on any atom is -0.477 e. The standard InChI is InChI=1S/C49H58F2N10O5/c1-28-17-33-19-41(52-28)44-29(2)56-57(3)48(44)66-26-32-6-5-31(18-32)24-61-42-22-34(7-9-40(42)53-49(61)55-46(33)63)60-16-15-59(36(25-60)27-65-4)23-30-11-13-58(14-12-30)35-20-38(50)45(39(51)21-35)37-8-10-43(62)54-47(37)64/h7,9,17,19-22,30-32,36-37H,5-6,8,10-16,18,23-27H2,1-4H3,(H,53,55,63)(H,54,62,64)/t31-,32+,36+,37-/m1/s1. The normalized spacial score (nSPS) is 23.2. The fraction of sp³-hybridized carbons (Fsp3) is 0.510. The van der Waals surface area contributed by atoms with Gasteiger partial charge in [-0.2, -0.15) is 5.10 Å². The van der Waals surface area contributed by atoms with Gasteiger partial charge in [0.15, 0.2) is 0 Å². The van der Waals surface area contributed by atoms with E-state index in [0.717, 1.165) is 92.8 Å². The first-order chi connectivity index (χ1) is 31.9. The summed E-state index contributed by atoms with van der Waals surface area (Å²) in [6.07, 6.45) is 4.99. The number of aromatic nitrogens is 5. The zero-order valence-electron chi connectivity index (χ0n) is 38.1. The summed E-state index contributed by atoms with van der Waals surface area (Å²) in [5.74, 6) is -1.49. The Morgan fingerprint density at radius 2 is 1.64 bits per heavy atom. The molecule has 2 aromatic carbocycles. The predicted molar refractivity (Wildman–Crippen MR) is 246 cm³/mol. The number of nitrogens with one attached hydrogen (secondary N) is 2. The lowest BCUT2D eigenvalue weighted by Gasteiger charge is -2.44. The van der Waals surface area contributed by atoms with Gasteiger partial charge >= 0.3 is 0 Å². The maximum Gasteiger partial charge on any atom is 0.258 e. The first-order valence-corrected chi connectivity index (χ1v) is 23.4. The third-order valence-corrected chi connectivity index (χ3v) is 14.6. The lowest BCUT2D eigenvalue weighted by atomic mass is 9.89. The Hall–Kier alpha value is -5.94. The Kier molecular flexibility index (Phi) is 12.0. The number of piperidine rings is 2.